The quantitative estimate of drug-likeness (QED) is 0.288. The van der Waals surface area contributed by atoms with Crippen LogP contribution >= 0.6 is 7.82 Å². The first-order chi connectivity index (χ1) is 16.2. The number of nitrogens with zero attached hydrogens (tertiary/aromatic N) is 3. The first kappa shape index (κ1) is 26.1. The van der Waals surface area contributed by atoms with E-state index in [2.05, 4.69) is 9.97 Å². The second kappa shape index (κ2) is 12.2. The molecule has 0 bridgehead atoms. The minimum Gasteiger partial charge on any atom is -0.460 e. The zero-order chi connectivity index (χ0) is 24.6. The molecule has 0 amide bonds. The lowest BCUT2D eigenvalue weighted by molar-refractivity contribution is -0.149. The molecule has 3 heterocycles. The van der Waals surface area contributed by atoms with Crippen LogP contribution < -0.4 is 4.90 Å². The zero-order valence-electron chi connectivity index (χ0n) is 19.0. The Bertz CT molecular complexity index is 1030. The molecule has 0 aliphatic carbocycles. The summed E-state index contributed by atoms with van der Waals surface area (Å²) in [5.74, 6) is 0.169. The number of phosphoric ester groups is 1. The van der Waals surface area contributed by atoms with Crippen molar-refractivity contribution in [1.29, 1.82) is 0 Å². The van der Waals surface area contributed by atoms with Crippen LogP contribution in [-0.4, -0.2) is 73.7 Å². The lowest BCUT2D eigenvalue weighted by Gasteiger charge is -2.21. The maximum absolute atomic E-state index is 12.2. The summed E-state index contributed by atoms with van der Waals surface area (Å²) in [6.07, 6.45) is 4.31. The van der Waals surface area contributed by atoms with Gasteiger partial charge in [0.2, 0.25) is 0 Å². The van der Waals surface area contributed by atoms with E-state index in [1.165, 1.54) is 6.92 Å². The molecule has 12 heteroatoms. The van der Waals surface area contributed by atoms with Gasteiger partial charge in [0.1, 0.15) is 25.9 Å². The van der Waals surface area contributed by atoms with E-state index >= 15 is 0 Å². The number of ether oxygens (including phenoxy) is 2. The van der Waals surface area contributed by atoms with Crippen LogP contribution in [0.4, 0.5) is 5.82 Å². The second-order valence-electron chi connectivity index (χ2n) is 7.62. The molecule has 2 aromatic heterocycles. The fourth-order valence-electron chi connectivity index (χ4n) is 3.24. The van der Waals surface area contributed by atoms with Crippen molar-refractivity contribution >= 4 is 39.6 Å². The molecule has 0 spiro atoms. The van der Waals surface area contributed by atoms with Crippen LogP contribution in [0.5, 0.6) is 0 Å². The van der Waals surface area contributed by atoms with E-state index in [1.807, 2.05) is 48.6 Å². The number of carbonyl (C=O) groups excluding carboxylic acids is 1. The van der Waals surface area contributed by atoms with Crippen LogP contribution in [0.25, 0.3) is 12.2 Å². The van der Waals surface area contributed by atoms with Crippen LogP contribution in [0.2, 0.25) is 0 Å². The summed E-state index contributed by atoms with van der Waals surface area (Å²) in [5.41, 5.74) is 1.56. The topological polar surface area (TPSA) is 120 Å². The van der Waals surface area contributed by atoms with Gasteiger partial charge in [0.05, 0.1) is 24.6 Å². The maximum Gasteiger partial charge on any atom is 0.472 e. The van der Waals surface area contributed by atoms with Crippen molar-refractivity contribution in [3.05, 3.63) is 54.0 Å². The number of esters is 1. The molecule has 34 heavy (non-hydrogen) atoms. The summed E-state index contributed by atoms with van der Waals surface area (Å²) in [6.45, 7) is 1.16. The van der Waals surface area contributed by atoms with E-state index in [0.29, 0.717) is 5.82 Å². The third-order valence-electron chi connectivity index (χ3n) is 4.89. The molecule has 1 N–H and O–H groups in total. The van der Waals surface area contributed by atoms with Crippen molar-refractivity contribution in [2.45, 2.75) is 31.6 Å². The van der Waals surface area contributed by atoms with E-state index in [1.54, 1.807) is 18.1 Å². The molecule has 0 aromatic carbocycles. The SMILES string of the molecule is [B][C@H]1C[C@@H](OC(C)=O)C(COP(=O)(O)OCCN(C)c2cccc(/C=C/c3ccccn3)n2)O1. The Hall–Kier alpha value is -2.56. The minimum atomic E-state index is -4.35. The Morgan fingerprint density at radius 1 is 1.26 bits per heavy atom. The van der Waals surface area contributed by atoms with Crippen molar-refractivity contribution in [3.63, 3.8) is 0 Å². The normalized spacial score (nSPS) is 21.9. The van der Waals surface area contributed by atoms with Gasteiger partial charge < -0.3 is 19.3 Å². The van der Waals surface area contributed by atoms with Gasteiger partial charge in [-0.3, -0.25) is 18.8 Å². The predicted octanol–water partition coefficient (Wildman–Crippen LogP) is 2.43. The van der Waals surface area contributed by atoms with Crippen LogP contribution in [0, 0.1) is 0 Å². The molecule has 180 valence electrons. The highest BCUT2D eigenvalue weighted by molar-refractivity contribution is 7.47. The fourth-order valence-corrected chi connectivity index (χ4v) is 3.96. The van der Waals surface area contributed by atoms with Gasteiger partial charge in [0.15, 0.2) is 0 Å². The molecule has 2 aromatic rings. The van der Waals surface area contributed by atoms with E-state index in [4.69, 9.17) is 26.4 Å². The Labute approximate surface area is 199 Å². The monoisotopic (exact) mass is 487 g/mol. The van der Waals surface area contributed by atoms with E-state index in [-0.39, 0.29) is 26.2 Å². The van der Waals surface area contributed by atoms with Gasteiger partial charge in [-0.25, -0.2) is 9.55 Å². The van der Waals surface area contributed by atoms with Crippen LogP contribution in [0.1, 0.15) is 24.7 Å². The average Bonchev–Trinajstić information content (AvgIpc) is 3.15. The molecule has 2 unspecified atom stereocenters. The van der Waals surface area contributed by atoms with E-state index < -0.39 is 32.0 Å². The number of aromatic nitrogens is 2. The molecule has 1 fully saturated rings. The van der Waals surface area contributed by atoms with Crippen LogP contribution in [0.3, 0.4) is 0 Å². The van der Waals surface area contributed by atoms with E-state index in [9.17, 15) is 14.3 Å². The van der Waals surface area contributed by atoms with Crippen molar-refractivity contribution in [2.24, 2.45) is 0 Å². The maximum atomic E-state index is 12.2. The van der Waals surface area contributed by atoms with Crippen molar-refractivity contribution in [1.82, 2.24) is 9.97 Å². The van der Waals surface area contributed by atoms with Crippen LogP contribution in [0.15, 0.2) is 42.6 Å². The molecule has 0 saturated carbocycles. The lowest BCUT2D eigenvalue weighted by Crippen LogP contribution is -2.30. The van der Waals surface area contributed by atoms with Gasteiger partial charge in [-0.15, -0.1) is 0 Å². The summed E-state index contributed by atoms with van der Waals surface area (Å²) < 4.78 is 32.8. The number of pyridine rings is 2. The predicted molar refractivity (Wildman–Crippen MR) is 127 cm³/mol. The number of rotatable bonds is 11. The molecule has 10 nitrogen and oxygen atoms in total. The standard InChI is InChI=1S/C22H27BN3O7P/c1-16(27)32-19-14-21(23)33-20(19)15-31-34(28,29)30-13-12-26(2)22-8-5-7-18(25-22)10-9-17-6-3-4-11-24-17/h3-11,19-21H,12-15H2,1-2H3,(H,28,29)/b10-9+/t19-,20?,21-/m1/s1. The lowest BCUT2D eigenvalue weighted by atomic mass is 9.96. The van der Waals surface area contributed by atoms with Gasteiger partial charge in [-0.05, 0) is 36.4 Å². The molecule has 1 aliphatic heterocycles. The Morgan fingerprint density at radius 3 is 2.76 bits per heavy atom. The third kappa shape index (κ3) is 8.34. The van der Waals surface area contributed by atoms with Gasteiger partial charge in [0.25, 0.3) is 0 Å². The third-order valence-corrected chi connectivity index (χ3v) is 5.87. The highest BCUT2D eigenvalue weighted by Gasteiger charge is 2.37. The van der Waals surface area contributed by atoms with Gasteiger partial charge in [-0.1, -0.05) is 12.1 Å². The minimum absolute atomic E-state index is 0.0849. The number of hydrogen-bond donors (Lipinski definition) is 1. The smallest absolute Gasteiger partial charge is 0.460 e. The zero-order valence-corrected chi connectivity index (χ0v) is 19.9. The number of likely N-dealkylation sites (N-methyl/N-ethyl adjacent to an activating group) is 1. The summed E-state index contributed by atoms with van der Waals surface area (Å²) in [4.78, 5) is 31.8. The molecule has 2 radical (unpaired) electrons. The van der Waals surface area contributed by atoms with Gasteiger partial charge in [0, 0.05) is 39.1 Å². The van der Waals surface area contributed by atoms with Crippen molar-refractivity contribution in [2.75, 3.05) is 31.7 Å². The average molecular weight is 487 g/mol. The molecule has 1 saturated heterocycles. The largest absolute Gasteiger partial charge is 0.472 e. The van der Waals surface area contributed by atoms with Crippen molar-refractivity contribution < 1.29 is 32.8 Å². The number of hydrogen-bond acceptors (Lipinski definition) is 9. The number of carbonyl (C=O) groups is 1. The highest BCUT2D eigenvalue weighted by Crippen LogP contribution is 2.43. The van der Waals surface area contributed by atoms with E-state index in [0.717, 1.165) is 11.4 Å². The van der Waals surface area contributed by atoms with Gasteiger partial charge >= 0.3 is 13.8 Å². The Morgan fingerprint density at radius 2 is 2.03 bits per heavy atom. The van der Waals surface area contributed by atoms with Gasteiger partial charge in [-0.2, -0.15) is 0 Å². The first-order valence-electron chi connectivity index (χ1n) is 10.7. The highest BCUT2D eigenvalue weighted by atomic mass is 31.2. The summed E-state index contributed by atoms with van der Waals surface area (Å²) >= 11 is 0. The molecule has 3 rings (SSSR count). The Kier molecular flexibility index (Phi) is 9.38. The number of phosphoric acid groups is 1. The van der Waals surface area contributed by atoms with Crippen LogP contribution in [-0.2, 0) is 27.9 Å². The molecule has 1 aliphatic rings. The molecular formula is C22H27BN3O7P. The summed E-state index contributed by atoms with van der Waals surface area (Å²) in [5, 5.41) is 0. The first-order valence-corrected chi connectivity index (χ1v) is 12.2. The number of anilines is 1. The Balaban J connectivity index is 1.46. The molecular weight excluding hydrogens is 460 g/mol. The fraction of sp³-hybridized carbons (Fsp3) is 0.409. The molecule has 4 atom stereocenters. The second-order valence-corrected chi connectivity index (χ2v) is 9.08. The van der Waals surface area contributed by atoms with Crippen molar-refractivity contribution in [3.8, 4) is 0 Å². The summed E-state index contributed by atoms with van der Waals surface area (Å²) in [6, 6.07) is 10.6. The summed E-state index contributed by atoms with van der Waals surface area (Å²) in [7, 11) is 3.14.